The molecule has 0 fully saturated rings. The van der Waals surface area contributed by atoms with Crippen LogP contribution in [0, 0.1) is 6.92 Å². The lowest BCUT2D eigenvalue weighted by molar-refractivity contribution is 0.318. The molecule has 0 aliphatic heterocycles. The van der Waals surface area contributed by atoms with Crippen LogP contribution in [0.4, 0.5) is 5.82 Å². The van der Waals surface area contributed by atoms with Gasteiger partial charge in [-0.2, -0.15) is 5.10 Å². The van der Waals surface area contributed by atoms with Crippen molar-refractivity contribution in [1.29, 1.82) is 0 Å². The molecule has 0 aliphatic carbocycles. The molecule has 0 unspecified atom stereocenters. The molecule has 19 heavy (non-hydrogen) atoms. The number of nitrogens with two attached hydrogens (primary N) is 1. The summed E-state index contributed by atoms with van der Waals surface area (Å²) < 4.78 is 2.02. The van der Waals surface area contributed by atoms with Crippen molar-refractivity contribution in [3.8, 4) is 0 Å². The van der Waals surface area contributed by atoms with Gasteiger partial charge in [0.15, 0.2) is 0 Å². The number of hydrogen-bond donors (Lipinski definition) is 1. The third-order valence-electron chi connectivity index (χ3n) is 3.31. The molecule has 0 saturated carbocycles. The normalized spacial score (nSPS) is 11.2. The van der Waals surface area contributed by atoms with E-state index in [4.69, 9.17) is 5.73 Å². The summed E-state index contributed by atoms with van der Waals surface area (Å²) in [6.07, 6.45) is 3.66. The van der Waals surface area contributed by atoms with Gasteiger partial charge in [-0.3, -0.25) is 9.58 Å². The van der Waals surface area contributed by atoms with Crippen LogP contribution in [0.15, 0.2) is 24.5 Å². The molecular weight excluding hydrogens is 238 g/mol. The lowest BCUT2D eigenvalue weighted by atomic mass is 10.2. The Kier molecular flexibility index (Phi) is 4.16. The third-order valence-corrected chi connectivity index (χ3v) is 3.31. The average molecular weight is 259 g/mol. The van der Waals surface area contributed by atoms with Crippen LogP contribution in [0.1, 0.15) is 23.7 Å². The van der Waals surface area contributed by atoms with Crippen molar-refractivity contribution in [3.63, 3.8) is 0 Å². The lowest BCUT2D eigenvalue weighted by Crippen LogP contribution is -2.18. The Morgan fingerprint density at radius 2 is 2.05 bits per heavy atom. The zero-order valence-electron chi connectivity index (χ0n) is 11.8. The van der Waals surface area contributed by atoms with Crippen LogP contribution in [0.5, 0.6) is 0 Å². The number of nitrogens with zero attached hydrogens (tertiary/aromatic N) is 4. The van der Waals surface area contributed by atoms with Gasteiger partial charge in [0.05, 0.1) is 6.20 Å². The minimum Gasteiger partial charge on any atom is -0.383 e. The Hall–Kier alpha value is -1.88. The quantitative estimate of drug-likeness (QED) is 0.889. The standard InChI is InChI=1S/C14H21N5/c1-4-19-11(2)13(8-17-19)10-18(3)9-12-6-5-7-16-14(12)15/h5-8H,4,9-10H2,1-3H3,(H2,15,16). The maximum absolute atomic E-state index is 5.86. The zero-order valence-corrected chi connectivity index (χ0v) is 11.8. The first-order valence-corrected chi connectivity index (χ1v) is 6.51. The van der Waals surface area contributed by atoms with Crippen LogP contribution in [0.25, 0.3) is 0 Å². The Morgan fingerprint density at radius 3 is 2.68 bits per heavy atom. The first kappa shape index (κ1) is 13.5. The van der Waals surface area contributed by atoms with Crippen LogP contribution in [0.2, 0.25) is 0 Å². The summed E-state index contributed by atoms with van der Waals surface area (Å²) >= 11 is 0. The smallest absolute Gasteiger partial charge is 0.127 e. The van der Waals surface area contributed by atoms with E-state index >= 15 is 0 Å². The Balaban J connectivity index is 2.03. The van der Waals surface area contributed by atoms with Crippen molar-refractivity contribution in [1.82, 2.24) is 19.7 Å². The number of rotatable bonds is 5. The van der Waals surface area contributed by atoms with Crippen LogP contribution in [0.3, 0.4) is 0 Å². The molecule has 5 heteroatoms. The van der Waals surface area contributed by atoms with Gasteiger partial charge in [-0.15, -0.1) is 0 Å². The average Bonchev–Trinajstić information content (AvgIpc) is 2.73. The van der Waals surface area contributed by atoms with Crippen LogP contribution < -0.4 is 5.73 Å². The second-order valence-electron chi connectivity index (χ2n) is 4.79. The monoisotopic (exact) mass is 259 g/mol. The molecule has 102 valence electrons. The van der Waals surface area contributed by atoms with Gasteiger partial charge >= 0.3 is 0 Å². The van der Waals surface area contributed by atoms with Crippen molar-refractivity contribution >= 4 is 5.82 Å². The molecule has 0 aromatic carbocycles. The second-order valence-corrected chi connectivity index (χ2v) is 4.79. The number of aromatic nitrogens is 3. The van der Waals surface area contributed by atoms with Gasteiger partial charge < -0.3 is 5.73 Å². The highest BCUT2D eigenvalue weighted by molar-refractivity contribution is 5.38. The van der Waals surface area contributed by atoms with E-state index in [1.165, 1.54) is 11.3 Å². The highest BCUT2D eigenvalue weighted by Gasteiger charge is 2.09. The number of nitrogen functional groups attached to an aromatic ring is 1. The van der Waals surface area contributed by atoms with Gasteiger partial charge in [-0.1, -0.05) is 6.07 Å². The molecule has 2 rings (SSSR count). The van der Waals surface area contributed by atoms with E-state index in [1.807, 2.05) is 23.0 Å². The first-order valence-electron chi connectivity index (χ1n) is 6.51. The van der Waals surface area contributed by atoms with Crippen molar-refractivity contribution in [2.45, 2.75) is 33.5 Å². The molecule has 2 heterocycles. The predicted molar refractivity (Wildman–Crippen MR) is 76.5 cm³/mol. The molecule has 0 radical (unpaired) electrons. The summed E-state index contributed by atoms with van der Waals surface area (Å²) in [4.78, 5) is 6.33. The lowest BCUT2D eigenvalue weighted by Gasteiger charge is -2.17. The van der Waals surface area contributed by atoms with Gasteiger partial charge in [0.1, 0.15) is 5.82 Å². The van der Waals surface area contributed by atoms with E-state index in [-0.39, 0.29) is 0 Å². The highest BCUT2D eigenvalue weighted by Crippen LogP contribution is 2.14. The molecule has 0 aliphatic rings. The highest BCUT2D eigenvalue weighted by atomic mass is 15.3. The molecule has 2 aromatic rings. The molecule has 0 spiro atoms. The Labute approximate surface area is 114 Å². The maximum Gasteiger partial charge on any atom is 0.127 e. The number of hydrogen-bond acceptors (Lipinski definition) is 4. The zero-order chi connectivity index (χ0) is 13.8. The number of anilines is 1. The van der Waals surface area contributed by atoms with E-state index in [0.717, 1.165) is 25.2 Å². The van der Waals surface area contributed by atoms with E-state index in [0.29, 0.717) is 5.82 Å². The first-order chi connectivity index (χ1) is 9.11. The predicted octanol–water partition coefficient (Wildman–Crippen LogP) is 1.82. The summed E-state index contributed by atoms with van der Waals surface area (Å²) in [7, 11) is 2.08. The van der Waals surface area contributed by atoms with Gasteiger partial charge in [0.2, 0.25) is 0 Å². The van der Waals surface area contributed by atoms with Crippen molar-refractivity contribution in [3.05, 3.63) is 41.3 Å². The topological polar surface area (TPSA) is 60.0 Å². The molecule has 2 aromatic heterocycles. The fourth-order valence-corrected chi connectivity index (χ4v) is 2.18. The van der Waals surface area contributed by atoms with E-state index < -0.39 is 0 Å². The van der Waals surface area contributed by atoms with Crippen molar-refractivity contribution < 1.29 is 0 Å². The molecule has 2 N–H and O–H groups in total. The molecule has 0 bridgehead atoms. The van der Waals surface area contributed by atoms with E-state index in [1.54, 1.807) is 6.20 Å². The van der Waals surface area contributed by atoms with Crippen molar-refractivity contribution in [2.75, 3.05) is 12.8 Å². The van der Waals surface area contributed by atoms with Crippen LogP contribution in [-0.4, -0.2) is 26.7 Å². The van der Waals surface area contributed by atoms with Crippen LogP contribution >= 0.6 is 0 Å². The summed E-state index contributed by atoms with van der Waals surface area (Å²) in [5, 5.41) is 4.36. The molecular formula is C14H21N5. The van der Waals surface area contributed by atoms with Gasteiger partial charge in [0, 0.05) is 42.7 Å². The van der Waals surface area contributed by atoms with E-state index in [2.05, 4.69) is 35.9 Å². The Morgan fingerprint density at radius 1 is 1.32 bits per heavy atom. The minimum atomic E-state index is 0.607. The minimum absolute atomic E-state index is 0.607. The molecule has 5 nitrogen and oxygen atoms in total. The van der Waals surface area contributed by atoms with Crippen LogP contribution in [-0.2, 0) is 19.6 Å². The van der Waals surface area contributed by atoms with Gasteiger partial charge in [-0.25, -0.2) is 4.98 Å². The maximum atomic E-state index is 5.86. The van der Waals surface area contributed by atoms with Gasteiger partial charge in [0.25, 0.3) is 0 Å². The molecule has 0 atom stereocenters. The fraction of sp³-hybridized carbons (Fsp3) is 0.429. The van der Waals surface area contributed by atoms with Crippen molar-refractivity contribution in [2.24, 2.45) is 0 Å². The summed E-state index contributed by atoms with van der Waals surface area (Å²) in [5.41, 5.74) is 9.41. The largest absolute Gasteiger partial charge is 0.383 e. The molecule has 0 amide bonds. The van der Waals surface area contributed by atoms with E-state index in [9.17, 15) is 0 Å². The van der Waals surface area contributed by atoms with Gasteiger partial charge in [-0.05, 0) is 27.0 Å². The fourth-order valence-electron chi connectivity index (χ4n) is 2.18. The Bertz CT molecular complexity index is 547. The number of pyridine rings is 1. The third kappa shape index (κ3) is 3.12. The summed E-state index contributed by atoms with van der Waals surface area (Å²) in [6.45, 7) is 6.77. The molecule has 0 saturated heterocycles. The number of aryl methyl sites for hydroxylation is 1. The summed E-state index contributed by atoms with van der Waals surface area (Å²) in [5.74, 6) is 0.607. The summed E-state index contributed by atoms with van der Waals surface area (Å²) in [6, 6.07) is 3.93. The second kappa shape index (κ2) is 5.84. The SMILES string of the molecule is CCn1ncc(CN(C)Cc2cccnc2N)c1C.